The molecule has 5 heteroatoms. The predicted octanol–water partition coefficient (Wildman–Crippen LogP) is 3.73. The lowest BCUT2D eigenvalue weighted by Crippen LogP contribution is -2.17. The summed E-state index contributed by atoms with van der Waals surface area (Å²) in [5.74, 6) is -1.27. The van der Waals surface area contributed by atoms with Crippen molar-refractivity contribution in [3.8, 4) is 5.75 Å². The third kappa shape index (κ3) is 4.66. The van der Waals surface area contributed by atoms with Crippen molar-refractivity contribution in [2.24, 2.45) is 0 Å². The second-order valence-electron chi connectivity index (χ2n) is 6.00. The first-order valence-corrected chi connectivity index (χ1v) is 7.91. The van der Waals surface area contributed by atoms with Crippen molar-refractivity contribution in [1.82, 2.24) is 0 Å². The topological polar surface area (TPSA) is 52.6 Å². The minimum absolute atomic E-state index is 0.109. The molecule has 0 aromatic heterocycles. The molecule has 0 atom stereocenters. The van der Waals surface area contributed by atoms with Gasteiger partial charge in [-0.3, -0.25) is 9.59 Å². The average Bonchev–Trinajstić information content (AvgIpc) is 2.52. The van der Waals surface area contributed by atoms with Gasteiger partial charge >= 0.3 is 5.97 Å². The molecule has 4 nitrogen and oxygen atoms in total. The van der Waals surface area contributed by atoms with Crippen LogP contribution in [0.15, 0.2) is 30.3 Å². The fourth-order valence-electron chi connectivity index (χ4n) is 2.88. The van der Waals surface area contributed by atoms with Gasteiger partial charge in [0.25, 0.3) is 0 Å². The van der Waals surface area contributed by atoms with Crippen molar-refractivity contribution >= 4 is 11.8 Å². The Bertz CT molecular complexity index is 788. The summed E-state index contributed by atoms with van der Waals surface area (Å²) in [4.78, 5) is 24.2. The van der Waals surface area contributed by atoms with E-state index in [-0.39, 0.29) is 24.6 Å². The monoisotopic (exact) mass is 344 g/mol. The fraction of sp³-hybridized carbons (Fsp3) is 0.300. The third-order valence-corrected chi connectivity index (χ3v) is 3.88. The molecular weight excluding hydrogens is 323 g/mol. The smallest absolute Gasteiger partial charge is 0.310 e. The zero-order valence-corrected chi connectivity index (χ0v) is 14.8. The Morgan fingerprint density at radius 2 is 1.68 bits per heavy atom. The van der Waals surface area contributed by atoms with Crippen LogP contribution >= 0.6 is 0 Å². The van der Waals surface area contributed by atoms with Crippen molar-refractivity contribution in [1.29, 1.82) is 0 Å². The molecule has 0 aliphatic carbocycles. The Kier molecular flexibility index (Phi) is 5.91. The molecule has 0 amide bonds. The summed E-state index contributed by atoms with van der Waals surface area (Å²) in [6.07, 6.45) is -0.111. The van der Waals surface area contributed by atoms with Crippen LogP contribution in [0.1, 0.15) is 32.6 Å². The number of hydrogen-bond acceptors (Lipinski definition) is 4. The molecule has 25 heavy (non-hydrogen) atoms. The van der Waals surface area contributed by atoms with E-state index in [1.165, 1.54) is 19.2 Å². The molecule has 0 aliphatic rings. The highest BCUT2D eigenvalue weighted by Crippen LogP contribution is 2.19. The summed E-state index contributed by atoms with van der Waals surface area (Å²) in [6.45, 7) is 5.34. The number of esters is 1. The zero-order valence-electron chi connectivity index (χ0n) is 14.8. The number of aryl methyl sites for hydroxylation is 3. The van der Waals surface area contributed by atoms with Crippen LogP contribution in [0.2, 0.25) is 0 Å². The maximum Gasteiger partial charge on any atom is 0.310 e. The van der Waals surface area contributed by atoms with Crippen molar-refractivity contribution in [3.63, 3.8) is 0 Å². The van der Waals surface area contributed by atoms with Gasteiger partial charge in [0.2, 0.25) is 5.78 Å². The summed E-state index contributed by atoms with van der Waals surface area (Å²) in [5.41, 5.74) is 3.82. The maximum atomic E-state index is 13.6. The molecule has 0 N–H and O–H groups in total. The number of methoxy groups -OCH3 is 1. The van der Waals surface area contributed by atoms with Gasteiger partial charge in [-0.1, -0.05) is 23.8 Å². The quantitative estimate of drug-likeness (QED) is 0.592. The molecule has 0 aliphatic heterocycles. The van der Waals surface area contributed by atoms with Crippen molar-refractivity contribution in [3.05, 3.63) is 64.0 Å². The van der Waals surface area contributed by atoms with Crippen molar-refractivity contribution in [2.45, 2.75) is 27.2 Å². The van der Waals surface area contributed by atoms with Crippen molar-refractivity contribution in [2.75, 3.05) is 13.7 Å². The lowest BCUT2D eigenvalue weighted by atomic mass is 9.97. The SMILES string of the molecule is COc1ccc(CC(=O)OCC(=O)c2c(C)cc(C)cc2C)cc1F. The first-order valence-electron chi connectivity index (χ1n) is 7.91. The van der Waals surface area contributed by atoms with Gasteiger partial charge in [0, 0.05) is 5.56 Å². The largest absolute Gasteiger partial charge is 0.494 e. The van der Waals surface area contributed by atoms with Gasteiger partial charge in [-0.15, -0.1) is 0 Å². The Morgan fingerprint density at radius 1 is 1.04 bits per heavy atom. The minimum Gasteiger partial charge on any atom is -0.494 e. The number of halogens is 1. The molecule has 2 rings (SSSR count). The number of Topliss-reactive ketones (excluding diaryl/α,β-unsaturated/α-hetero) is 1. The van der Waals surface area contributed by atoms with Crippen LogP contribution in [0.25, 0.3) is 0 Å². The maximum absolute atomic E-state index is 13.6. The molecule has 0 fully saturated rings. The first-order chi connectivity index (χ1) is 11.8. The van der Waals surface area contributed by atoms with Gasteiger partial charge in [-0.25, -0.2) is 4.39 Å². The van der Waals surface area contributed by atoms with Crippen molar-refractivity contribution < 1.29 is 23.5 Å². The summed E-state index contributed by atoms with van der Waals surface area (Å²) in [7, 11) is 1.37. The third-order valence-electron chi connectivity index (χ3n) is 3.88. The standard InChI is InChI=1S/C20H21FO4/c1-12-7-13(2)20(14(3)8-12)17(22)11-25-19(23)10-15-5-6-18(24-4)16(21)9-15/h5-9H,10-11H2,1-4H3. The van der Waals surface area contributed by atoms with Crippen LogP contribution in [-0.2, 0) is 16.0 Å². The minimum atomic E-state index is -0.583. The lowest BCUT2D eigenvalue weighted by molar-refractivity contribution is -0.141. The Hall–Kier alpha value is -2.69. The average molecular weight is 344 g/mol. The summed E-state index contributed by atoms with van der Waals surface area (Å²) < 4.78 is 23.5. The summed E-state index contributed by atoms with van der Waals surface area (Å²) in [5, 5.41) is 0. The molecule has 0 spiro atoms. The molecule has 0 saturated heterocycles. The van der Waals surface area contributed by atoms with Gasteiger partial charge in [0.1, 0.15) is 0 Å². The highest BCUT2D eigenvalue weighted by molar-refractivity contribution is 6.00. The number of rotatable bonds is 6. The van der Waals surface area contributed by atoms with E-state index in [0.717, 1.165) is 16.7 Å². The highest BCUT2D eigenvalue weighted by Gasteiger charge is 2.16. The van der Waals surface area contributed by atoms with Crippen LogP contribution < -0.4 is 4.74 Å². The normalized spacial score (nSPS) is 10.4. The van der Waals surface area contributed by atoms with E-state index in [4.69, 9.17) is 9.47 Å². The molecule has 0 bridgehead atoms. The van der Waals surface area contributed by atoms with E-state index in [0.29, 0.717) is 11.1 Å². The summed E-state index contributed by atoms with van der Waals surface area (Å²) >= 11 is 0. The Labute approximate surface area is 146 Å². The second kappa shape index (κ2) is 7.92. The van der Waals surface area contributed by atoms with Crippen LogP contribution in [0.4, 0.5) is 4.39 Å². The zero-order chi connectivity index (χ0) is 18.6. The molecule has 132 valence electrons. The highest BCUT2D eigenvalue weighted by atomic mass is 19.1. The Balaban J connectivity index is 1.98. The van der Waals surface area contributed by atoms with Gasteiger partial charge in [-0.05, 0) is 49.6 Å². The van der Waals surface area contributed by atoms with Crippen LogP contribution in [0.3, 0.4) is 0 Å². The van der Waals surface area contributed by atoms with E-state index < -0.39 is 11.8 Å². The number of ketones is 1. The van der Waals surface area contributed by atoms with Gasteiger partial charge in [-0.2, -0.15) is 0 Å². The number of ether oxygens (including phenoxy) is 2. The predicted molar refractivity (Wildman–Crippen MR) is 92.6 cm³/mol. The molecule has 0 heterocycles. The van der Waals surface area contributed by atoms with Gasteiger partial charge in [0.05, 0.1) is 13.5 Å². The molecular formula is C20H21FO4. The fourth-order valence-corrected chi connectivity index (χ4v) is 2.88. The van der Waals surface area contributed by atoms with E-state index >= 15 is 0 Å². The molecule has 0 unspecified atom stereocenters. The molecule has 2 aromatic rings. The number of carbonyl (C=O) groups excluding carboxylic acids is 2. The van der Waals surface area contributed by atoms with Crippen LogP contribution in [0.5, 0.6) is 5.75 Å². The van der Waals surface area contributed by atoms with E-state index in [2.05, 4.69) is 0 Å². The van der Waals surface area contributed by atoms with E-state index in [1.54, 1.807) is 6.07 Å². The number of benzene rings is 2. The number of carbonyl (C=O) groups is 2. The molecule has 0 saturated carbocycles. The molecule has 0 radical (unpaired) electrons. The van der Waals surface area contributed by atoms with E-state index in [9.17, 15) is 14.0 Å². The first kappa shape index (κ1) is 18.6. The lowest BCUT2D eigenvalue weighted by Gasteiger charge is -2.11. The van der Waals surface area contributed by atoms with Gasteiger partial charge < -0.3 is 9.47 Å². The van der Waals surface area contributed by atoms with Gasteiger partial charge in [0.15, 0.2) is 18.2 Å². The molecule has 2 aromatic carbocycles. The Morgan fingerprint density at radius 3 is 2.24 bits per heavy atom. The second-order valence-corrected chi connectivity index (χ2v) is 6.00. The van der Waals surface area contributed by atoms with E-state index in [1.807, 2.05) is 32.9 Å². The van der Waals surface area contributed by atoms with Crippen LogP contribution in [-0.4, -0.2) is 25.5 Å². The summed E-state index contributed by atoms with van der Waals surface area (Å²) in [6, 6.07) is 8.09. The number of hydrogen-bond donors (Lipinski definition) is 0. The van der Waals surface area contributed by atoms with Crippen LogP contribution in [0, 0.1) is 26.6 Å².